The molecule has 1 aliphatic rings. The number of aromatic nitrogens is 4. The normalized spacial score (nSPS) is 12.6. The van der Waals surface area contributed by atoms with Gasteiger partial charge in [-0.1, -0.05) is 74.5 Å². The molecule has 1 saturated heterocycles. The standard InChI is InChI=1S/C24H26N4O3.C19H17N3O3/c1-2-17-7-8-20(19-6-4-3-5-18(17)19)23(29)28-22-21(25-11-12-26-22)24(30)27-15-16-9-13-31-14-10-16;1-3-12-8-9-15(14-7-5-4-6-13(12)14)18(23)22-17-16(19(24)25-2)20-10-11-21-17/h3-8,11-12,16H,2,9-10,13-15H2,1H3,(H,27,30)(H,26,28,29);4-11H,3H2,1-2H3,(H,21,22,23). The lowest BCUT2D eigenvalue weighted by atomic mass is 9.98. The number of carbonyl (C=O) groups is 4. The Morgan fingerprint density at radius 1 is 0.625 bits per heavy atom. The van der Waals surface area contributed by atoms with Crippen molar-refractivity contribution in [3.63, 3.8) is 0 Å². The number of methoxy groups -OCH3 is 1. The SMILES string of the molecule is CCc1ccc(C(=O)Nc2nccnc2C(=O)NCC2CCOCC2)c2ccccc12.CCc1ccc(C(=O)Nc2nccnc2C(=O)OC)c2ccccc12. The molecule has 13 nitrogen and oxygen atoms in total. The van der Waals surface area contributed by atoms with E-state index in [9.17, 15) is 19.2 Å². The van der Waals surface area contributed by atoms with E-state index in [0.717, 1.165) is 60.4 Å². The Morgan fingerprint density at radius 3 is 1.59 bits per heavy atom. The number of fused-ring (bicyclic) bond motifs is 2. The van der Waals surface area contributed by atoms with E-state index in [0.29, 0.717) is 23.6 Å². The molecule has 56 heavy (non-hydrogen) atoms. The molecule has 6 aromatic rings. The van der Waals surface area contributed by atoms with E-state index >= 15 is 0 Å². The Bertz CT molecular complexity index is 2380. The number of nitrogens with zero attached hydrogens (tertiary/aromatic N) is 4. The number of carbonyl (C=O) groups excluding carboxylic acids is 4. The lowest BCUT2D eigenvalue weighted by Gasteiger charge is -2.22. The quantitative estimate of drug-likeness (QED) is 0.126. The Kier molecular flexibility index (Phi) is 13.0. The average molecular weight is 754 g/mol. The predicted octanol–water partition coefficient (Wildman–Crippen LogP) is 6.83. The molecule has 0 aliphatic carbocycles. The summed E-state index contributed by atoms with van der Waals surface area (Å²) in [6.07, 6.45) is 9.28. The molecule has 13 heteroatoms. The fourth-order valence-corrected chi connectivity index (χ4v) is 6.63. The van der Waals surface area contributed by atoms with E-state index in [2.05, 4.69) is 54.5 Å². The number of nitrogens with one attached hydrogen (secondary N) is 3. The van der Waals surface area contributed by atoms with Crippen molar-refractivity contribution in [3.8, 4) is 0 Å². The second-order valence-corrected chi connectivity index (χ2v) is 13.0. The molecule has 3 heterocycles. The third kappa shape index (κ3) is 9.01. The highest BCUT2D eigenvalue weighted by Crippen LogP contribution is 2.26. The summed E-state index contributed by atoms with van der Waals surface area (Å²) >= 11 is 0. The highest BCUT2D eigenvalue weighted by atomic mass is 16.5. The van der Waals surface area contributed by atoms with Gasteiger partial charge in [0, 0.05) is 55.7 Å². The second kappa shape index (κ2) is 18.6. The van der Waals surface area contributed by atoms with Gasteiger partial charge in [-0.2, -0.15) is 0 Å². The number of rotatable bonds is 10. The number of amides is 3. The maximum Gasteiger partial charge on any atom is 0.360 e. The molecule has 0 spiro atoms. The number of benzene rings is 4. The van der Waals surface area contributed by atoms with Gasteiger partial charge in [-0.15, -0.1) is 0 Å². The third-order valence-electron chi connectivity index (χ3n) is 9.63. The number of aryl methyl sites for hydroxylation is 2. The van der Waals surface area contributed by atoms with Crippen molar-refractivity contribution in [1.29, 1.82) is 0 Å². The zero-order valence-electron chi connectivity index (χ0n) is 31.5. The molecule has 7 rings (SSSR count). The molecule has 0 saturated carbocycles. The molecular formula is C43H43N7O6. The number of hydrogen-bond acceptors (Lipinski definition) is 10. The van der Waals surface area contributed by atoms with Gasteiger partial charge in [-0.3, -0.25) is 14.4 Å². The minimum Gasteiger partial charge on any atom is -0.464 e. The average Bonchev–Trinajstić information content (AvgIpc) is 3.25. The molecule has 4 aromatic carbocycles. The van der Waals surface area contributed by atoms with Crippen LogP contribution in [0.3, 0.4) is 0 Å². The molecule has 1 aliphatic heterocycles. The molecule has 3 N–H and O–H groups in total. The molecule has 2 aromatic heterocycles. The zero-order valence-corrected chi connectivity index (χ0v) is 31.5. The molecule has 3 amide bonds. The highest BCUT2D eigenvalue weighted by molar-refractivity contribution is 6.15. The smallest absolute Gasteiger partial charge is 0.360 e. The van der Waals surface area contributed by atoms with Gasteiger partial charge >= 0.3 is 5.97 Å². The summed E-state index contributed by atoms with van der Waals surface area (Å²) < 4.78 is 10.0. The van der Waals surface area contributed by atoms with Crippen LogP contribution in [-0.2, 0) is 22.3 Å². The van der Waals surface area contributed by atoms with Crippen LogP contribution in [0.1, 0.15) is 79.5 Å². The van der Waals surface area contributed by atoms with Gasteiger partial charge in [0.2, 0.25) is 0 Å². The monoisotopic (exact) mass is 753 g/mol. The molecule has 0 atom stereocenters. The van der Waals surface area contributed by atoms with Gasteiger partial charge in [-0.05, 0) is 76.4 Å². The Hall–Kier alpha value is -6.60. The van der Waals surface area contributed by atoms with E-state index in [4.69, 9.17) is 4.74 Å². The van der Waals surface area contributed by atoms with Crippen LogP contribution in [-0.4, -0.2) is 70.5 Å². The van der Waals surface area contributed by atoms with Crippen molar-refractivity contribution in [2.24, 2.45) is 5.92 Å². The van der Waals surface area contributed by atoms with Crippen LogP contribution < -0.4 is 16.0 Å². The highest BCUT2D eigenvalue weighted by Gasteiger charge is 2.22. The zero-order chi connectivity index (χ0) is 39.4. The van der Waals surface area contributed by atoms with Crippen LogP contribution in [0.15, 0.2) is 97.6 Å². The van der Waals surface area contributed by atoms with E-state index in [1.807, 2.05) is 66.7 Å². The first-order chi connectivity index (χ1) is 27.3. The summed E-state index contributed by atoms with van der Waals surface area (Å²) in [5.41, 5.74) is 3.47. The number of anilines is 2. The summed E-state index contributed by atoms with van der Waals surface area (Å²) in [7, 11) is 1.25. The summed E-state index contributed by atoms with van der Waals surface area (Å²) in [4.78, 5) is 66.7. The molecule has 286 valence electrons. The molecule has 1 fully saturated rings. The van der Waals surface area contributed by atoms with Crippen molar-refractivity contribution in [2.75, 3.05) is 37.5 Å². The minimum atomic E-state index is -0.658. The summed E-state index contributed by atoms with van der Waals surface area (Å²) in [6, 6.07) is 23.1. The Balaban J connectivity index is 0.000000194. The fourth-order valence-electron chi connectivity index (χ4n) is 6.63. The maximum absolute atomic E-state index is 13.1. The van der Waals surface area contributed by atoms with E-state index in [-0.39, 0.29) is 40.7 Å². The lowest BCUT2D eigenvalue weighted by molar-refractivity contribution is 0.0594. The van der Waals surface area contributed by atoms with Crippen molar-refractivity contribution >= 4 is 56.9 Å². The first-order valence-corrected chi connectivity index (χ1v) is 18.5. The minimum absolute atomic E-state index is 0.0344. The largest absolute Gasteiger partial charge is 0.464 e. The van der Waals surface area contributed by atoms with E-state index < -0.39 is 5.97 Å². The number of ether oxygens (including phenoxy) is 2. The fraction of sp³-hybridized carbons (Fsp3) is 0.256. The first kappa shape index (κ1) is 39.1. The van der Waals surface area contributed by atoms with Gasteiger partial charge < -0.3 is 25.4 Å². The first-order valence-electron chi connectivity index (χ1n) is 18.5. The summed E-state index contributed by atoms with van der Waals surface area (Å²) in [6.45, 7) is 6.15. The van der Waals surface area contributed by atoms with Crippen molar-refractivity contribution in [3.05, 3.63) is 131 Å². The van der Waals surface area contributed by atoms with Crippen LogP contribution in [0.25, 0.3) is 21.5 Å². The van der Waals surface area contributed by atoms with Gasteiger partial charge in [0.25, 0.3) is 17.7 Å². The van der Waals surface area contributed by atoms with Crippen molar-refractivity contribution in [2.45, 2.75) is 39.5 Å². The van der Waals surface area contributed by atoms with Crippen LogP contribution in [0.5, 0.6) is 0 Å². The molecule has 0 unspecified atom stereocenters. The second-order valence-electron chi connectivity index (χ2n) is 13.0. The van der Waals surface area contributed by atoms with Crippen LogP contribution in [0.4, 0.5) is 11.6 Å². The van der Waals surface area contributed by atoms with Crippen molar-refractivity contribution in [1.82, 2.24) is 25.3 Å². The molecule has 0 bridgehead atoms. The third-order valence-corrected chi connectivity index (χ3v) is 9.63. The molecule has 0 radical (unpaired) electrons. The lowest BCUT2D eigenvalue weighted by Crippen LogP contribution is -2.33. The Labute approximate surface area is 324 Å². The van der Waals surface area contributed by atoms with Gasteiger partial charge in [-0.25, -0.2) is 24.7 Å². The topological polar surface area (TPSA) is 174 Å². The van der Waals surface area contributed by atoms with Crippen LogP contribution in [0.2, 0.25) is 0 Å². The summed E-state index contributed by atoms with van der Waals surface area (Å²) in [5, 5.41) is 12.2. The maximum atomic E-state index is 13.1. The van der Waals surface area contributed by atoms with Crippen LogP contribution >= 0.6 is 0 Å². The molecular weight excluding hydrogens is 711 g/mol. The predicted molar refractivity (Wildman–Crippen MR) is 214 cm³/mol. The Morgan fingerprint density at radius 2 is 1.09 bits per heavy atom. The summed E-state index contributed by atoms with van der Waals surface area (Å²) in [5.74, 6) is -1.07. The van der Waals surface area contributed by atoms with E-state index in [1.165, 1.54) is 43.0 Å². The van der Waals surface area contributed by atoms with Gasteiger partial charge in [0.1, 0.15) is 0 Å². The van der Waals surface area contributed by atoms with Crippen LogP contribution in [0, 0.1) is 5.92 Å². The van der Waals surface area contributed by atoms with Crippen molar-refractivity contribution < 1.29 is 28.7 Å². The number of esters is 1. The van der Waals surface area contributed by atoms with Gasteiger partial charge in [0.05, 0.1) is 7.11 Å². The number of hydrogen-bond donors (Lipinski definition) is 3. The van der Waals surface area contributed by atoms with E-state index in [1.54, 1.807) is 6.07 Å². The van der Waals surface area contributed by atoms with Gasteiger partial charge in [0.15, 0.2) is 23.0 Å².